The Bertz CT molecular complexity index is 753. The fraction of sp³-hybridized carbons (Fsp3) is 0.500. The molecule has 0 saturated carbocycles. The predicted octanol–water partition coefficient (Wildman–Crippen LogP) is -0.862. The van der Waals surface area contributed by atoms with E-state index in [1.54, 1.807) is 13.1 Å². The van der Waals surface area contributed by atoms with Gasteiger partial charge in [0.25, 0.3) is 0 Å². The molecule has 8 nitrogen and oxygen atoms in total. The van der Waals surface area contributed by atoms with Crippen molar-refractivity contribution in [3.05, 3.63) is 18.3 Å². The molecule has 1 saturated heterocycles. The first-order valence-corrected chi connectivity index (χ1v) is 6.76. The van der Waals surface area contributed by atoms with Crippen molar-refractivity contribution in [2.75, 3.05) is 0 Å². The van der Waals surface area contributed by atoms with Gasteiger partial charge in [0, 0.05) is 0 Å². The number of imidazole rings is 1. The normalized spacial score (nSPS) is 33.0. The van der Waals surface area contributed by atoms with Crippen LogP contribution >= 0.6 is 0 Å². The van der Waals surface area contributed by atoms with Crippen molar-refractivity contribution >= 4 is 11.2 Å². The van der Waals surface area contributed by atoms with Gasteiger partial charge in [0.05, 0.1) is 18.6 Å². The van der Waals surface area contributed by atoms with Crippen LogP contribution in [0.1, 0.15) is 19.0 Å². The molecule has 22 heavy (non-hydrogen) atoms. The molecule has 0 amide bonds. The van der Waals surface area contributed by atoms with Crippen LogP contribution in [0.3, 0.4) is 0 Å². The van der Waals surface area contributed by atoms with Crippen molar-refractivity contribution in [2.45, 2.75) is 44.0 Å². The molecular weight excluding hydrogens is 288 g/mol. The largest absolute Gasteiger partial charge is 0.391 e. The van der Waals surface area contributed by atoms with Crippen LogP contribution in [-0.2, 0) is 4.74 Å². The van der Waals surface area contributed by atoms with E-state index in [1.807, 2.05) is 0 Å². The quantitative estimate of drug-likeness (QED) is 0.618. The standard InChI is InChI=1S/C14H16N4O4/c1-4-14(21)11(20)10(7(2)19)22-13(14)18-6-16-9-5-15-8(3)17-12(9)18/h1,5-7,10-11,13,19-21H,2-3H3/t7-,10-,11+,13-,14?/m1/s1. The van der Waals surface area contributed by atoms with Gasteiger partial charge >= 0.3 is 0 Å². The highest BCUT2D eigenvalue weighted by atomic mass is 16.6. The third-order valence-electron chi connectivity index (χ3n) is 3.82. The topological polar surface area (TPSA) is 114 Å². The van der Waals surface area contributed by atoms with Crippen molar-refractivity contribution in [1.82, 2.24) is 19.5 Å². The van der Waals surface area contributed by atoms with Crippen LogP contribution in [0.5, 0.6) is 0 Å². The Labute approximate surface area is 126 Å². The molecule has 3 heterocycles. The molecule has 1 unspecified atom stereocenters. The number of aliphatic hydroxyl groups excluding tert-OH is 2. The van der Waals surface area contributed by atoms with Gasteiger partial charge in [0.2, 0.25) is 0 Å². The van der Waals surface area contributed by atoms with Crippen molar-refractivity contribution in [1.29, 1.82) is 0 Å². The van der Waals surface area contributed by atoms with E-state index in [4.69, 9.17) is 11.2 Å². The number of hydrogen-bond acceptors (Lipinski definition) is 7. The van der Waals surface area contributed by atoms with E-state index in [0.29, 0.717) is 17.0 Å². The van der Waals surface area contributed by atoms with Crippen LogP contribution in [0.15, 0.2) is 12.5 Å². The summed E-state index contributed by atoms with van der Waals surface area (Å²) in [5.74, 6) is 2.69. The Balaban J connectivity index is 2.13. The number of hydrogen-bond donors (Lipinski definition) is 3. The maximum absolute atomic E-state index is 10.6. The minimum absolute atomic E-state index is 0.421. The van der Waals surface area contributed by atoms with Gasteiger partial charge in [-0.15, -0.1) is 6.42 Å². The highest BCUT2D eigenvalue weighted by molar-refractivity contribution is 5.69. The van der Waals surface area contributed by atoms with Crippen LogP contribution in [-0.4, -0.2) is 58.8 Å². The Morgan fingerprint density at radius 3 is 2.86 bits per heavy atom. The summed E-state index contributed by atoms with van der Waals surface area (Å²) in [4.78, 5) is 12.4. The summed E-state index contributed by atoms with van der Waals surface area (Å²) in [5, 5.41) is 30.6. The number of ether oxygens (including phenoxy) is 1. The average Bonchev–Trinajstić information content (AvgIpc) is 2.99. The first-order chi connectivity index (χ1) is 10.4. The van der Waals surface area contributed by atoms with E-state index in [0.717, 1.165) is 0 Å². The summed E-state index contributed by atoms with van der Waals surface area (Å²) < 4.78 is 7.04. The predicted molar refractivity (Wildman–Crippen MR) is 75.4 cm³/mol. The SMILES string of the molecule is C#CC1(O)[C@@H](O)[C@@H]([C@@H](C)O)O[C@H]1n1cnc2cnc(C)nc21. The minimum atomic E-state index is -2.01. The molecule has 0 spiro atoms. The molecule has 1 aliphatic heterocycles. The summed E-state index contributed by atoms with van der Waals surface area (Å²) in [6.45, 7) is 3.17. The summed E-state index contributed by atoms with van der Waals surface area (Å²) in [6.07, 6.45) is 3.76. The Kier molecular flexibility index (Phi) is 3.38. The van der Waals surface area contributed by atoms with Crippen molar-refractivity contribution < 1.29 is 20.1 Å². The third-order valence-corrected chi connectivity index (χ3v) is 3.82. The molecule has 2 aromatic rings. The third kappa shape index (κ3) is 1.99. The van der Waals surface area contributed by atoms with E-state index < -0.39 is 30.1 Å². The molecule has 0 aliphatic carbocycles. The summed E-state index contributed by atoms with van der Waals surface area (Å²) in [5.41, 5.74) is -1.08. The molecule has 116 valence electrons. The number of aliphatic hydroxyl groups is 3. The van der Waals surface area contributed by atoms with Crippen LogP contribution in [0.25, 0.3) is 11.2 Å². The molecule has 1 aliphatic rings. The second-order valence-electron chi connectivity index (χ2n) is 5.39. The monoisotopic (exact) mass is 304 g/mol. The molecular formula is C14H16N4O4. The van der Waals surface area contributed by atoms with Crippen molar-refractivity contribution in [3.8, 4) is 12.3 Å². The van der Waals surface area contributed by atoms with Gasteiger partial charge < -0.3 is 20.1 Å². The van der Waals surface area contributed by atoms with Crippen molar-refractivity contribution in [3.63, 3.8) is 0 Å². The molecule has 1 fully saturated rings. The number of rotatable bonds is 2. The Morgan fingerprint density at radius 1 is 1.50 bits per heavy atom. The highest BCUT2D eigenvalue weighted by Gasteiger charge is 2.57. The second kappa shape index (κ2) is 5.00. The molecule has 0 bridgehead atoms. The van der Waals surface area contributed by atoms with Crippen LogP contribution in [0.4, 0.5) is 0 Å². The van der Waals surface area contributed by atoms with Gasteiger partial charge in [-0.2, -0.15) is 0 Å². The van der Waals surface area contributed by atoms with E-state index in [1.165, 1.54) is 17.8 Å². The smallest absolute Gasteiger partial charge is 0.199 e. The first kappa shape index (κ1) is 14.9. The number of aromatic nitrogens is 4. The zero-order chi connectivity index (χ0) is 16.1. The van der Waals surface area contributed by atoms with E-state index in [9.17, 15) is 15.3 Å². The molecule has 0 radical (unpaired) electrons. The molecule has 8 heteroatoms. The number of fused-ring (bicyclic) bond motifs is 1. The van der Waals surface area contributed by atoms with Crippen LogP contribution in [0.2, 0.25) is 0 Å². The van der Waals surface area contributed by atoms with Gasteiger partial charge in [-0.25, -0.2) is 15.0 Å². The van der Waals surface area contributed by atoms with Gasteiger partial charge in [-0.1, -0.05) is 5.92 Å². The number of terminal acetylenes is 1. The maximum Gasteiger partial charge on any atom is 0.199 e. The first-order valence-electron chi connectivity index (χ1n) is 6.76. The molecule has 5 atom stereocenters. The Morgan fingerprint density at radius 2 is 2.23 bits per heavy atom. The average molecular weight is 304 g/mol. The summed E-state index contributed by atoms with van der Waals surface area (Å²) in [7, 11) is 0. The van der Waals surface area contributed by atoms with Crippen molar-refractivity contribution in [2.24, 2.45) is 0 Å². The lowest BCUT2D eigenvalue weighted by molar-refractivity contribution is -0.0847. The van der Waals surface area contributed by atoms with Gasteiger partial charge in [0.1, 0.15) is 23.5 Å². The summed E-state index contributed by atoms with van der Waals surface area (Å²) in [6, 6.07) is 0. The lowest BCUT2D eigenvalue weighted by Gasteiger charge is -2.26. The second-order valence-corrected chi connectivity index (χ2v) is 5.39. The fourth-order valence-corrected chi connectivity index (χ4v) is 2.62. The van der Waals surface area contributed by atoms with Gasteiger partial charge in [-0.05, 0) is 13.8 Å². The van der Waals surface area contributed by atoms with Gasteiger partial charge in [0.15, 0.2) is 17.5 Å². The molecule has 2 aromatic heterocycles. The van der Waals surface area contributed by atoms with Crippen LogP contribution in [0, 0.1) is 19.3 Å². The van der Waals surface area contributed by atoms with Gasteiger partial charge in [-0.3, -0.25) is 4.57 Å². The summed E-state index contributed by atoms with van der Waals surface area (Å²) >= 11 is 0. The lowest BCUT2D eigenvalue weighted by atomic mass is 9.93. The molecule has 3 N–H and O–H groups in total. The minimum Gasteiger partial charge on any atom is -0.391 e. The lowest BCUT2D eigenvalue weighted by Crippen LogP contribution is -2.47. The number of aryl methyl sites for hydroxylation is 1. The molecule has 3 rings (SSSR count). The fourth-order valence-electron chi connectivity index (χ4n) is 2.62. The Hall–Kier alpha value is -2.05. The zero-order valence-electron chi connectivity index (χ0n) is 12.1. The number of nitrogens with zero attached hydrogens (tertiary/aromatic N) is 4. The van der Waals surface area contributed by atoms with E-state index >= 15 is 0 Å². The maximum atomic E-state index is 10.6. The highest BCUT2D eigenvalue weighted by Crippen LogP contribution is 2.40. The van der Waals surface area contributed by atoms with E-state index in [2.05, 4.69) is 20.9 Å². The zero-order valence-corrected chi connectivity index (χ0v) is 12.1. The van der Waals surface area contributed by atoms with E-state index in [-0.39, 0.29) is 0 Å². The molecule has 0 aromatic carbocycles. The van der Waals surface area contributed by atoms with Crippen LogP contribution < -0.4 is 0 Å².